The Labute approximate surface area is 90.7 Å². The monoisotopic (exact) mass is 213 g/mol. The molecule has 0 saturated heterocycles. The first kappa shape index (κ1) is 13.7. The molecule has 0 aromatic rings. The van der Waals surface area contributed by atoms with Gasteiger partial charge in [-0.2, -0.15) is 0 Å². The summed E-state index contributed by atoms with van der Waals surface area (Å²) in [4.78, 5) is 22.8. The molecule has 0 unspecified atom stereocenters. The van der Waals surface area contributed by atoms with Crippen LogP contribution in [0.5, 0.6) is 0 Å². The number of carbonyl (C=O) groups is 2. The lowest BCUT2D eigenvalue weighted by Crippen LogP contribution is -2.45. The second-order valence-corrected chi connectivity index (χ2v) is 3.64. The molecular weight excluding hydrogens is 194 g/mol. The molecule has 2 atom stereocenters. The van der Waals surface area contributed by atoms with Crippen LogP contribution in [0.1, 0.15) is 27.2 Å². The van der Waals surface area contributed by atoms with Gasteiger partial charge < -0.3 is 10.1 Å². The third-order valence-electron chi connectivity index (χ3n) is 2.34. The molecule has 0 bridgehead atoms. The van der Waals surface area contributed by atoms with Crippen LogP contribution < -0.4 is 5.32 Å². The molecular formula is C11H19NO3. The van der Waals surface area contributed by atoms with E-state index in [2.05, 4.69) is 16.6 Å². The fourth-order valence-electron chi connectivity index (χ4n) is 1.06. The molecule has 1 N–H and O–H groups in total. The van der Waals surface area contributed by atoms with Gasteiger partial charge in [0.25, 0.3) is 0 Å². The fourth-order valence-corrected chi connectivity index (χ4v) is 1.06. The molecule has 0 aromatic heterocycles. The van der Waals surface area contributed by atoms with Gasteiger partial charge in [0, 0.05) is 5.57 Å². The number of carbonyl (C=O) groups excluding carboxylic acids is 2. The first-order chi connectivity index (χ1) is 6.93. The van der Waals surface area contributed by atoms with Crippen molar-refractivity contribution in [2.75, 3.05) is 7.11 Å². The summed E-state index contributed by atoms with van der Waals surface area (Å²) in [6.45, 7) is 8.95. The molecule has 4 heteroatoms. The molecule has 0 saturated carbocycles. The summed E-state index contributed by atoms with van der Waals surface area (Å²) >= 11 is 0. The Morgan fingerprint density at radius 1 is 1.47 bits per heavy atom. The number of ether oxygens (including phenoxy) is 1. The minimum absolute atomic E-state index is 0.0424. The molecule has 0 aliphatic heterocycles. The Morgan fingerprint density at radius 2 is 2.00 bits per heavy atom. The minimum Gasteiger partial charge on any atom is -0.467 e. The Bertz CT molecular complexity index is 261. The maximum atomic E-state index is 11.4. The van der Waals surface area contributed by atoms with Crippen molar-refractivity contribution in [3.63, 3.8) is 0 Å². The zero-order chi connectivity index (χ0) is 12.0. The largest absolute Gasteiger partial charge is 0.467 e. The van der Waals surface area contributed by atoms with Crippen molar-refractivity contribution in [3.8, 4) is 0 Å². The summed E-state index contributed by atoms with van der Waals surface area (Å²) in [7, 11) is 1.31. The van der Waals surface area contributed by atoms with Gasteiger partial charge in [-0.05, 0) is 12.8 Å². The van der Waals surface area contributed by atoms with Gasteiger partial charge in [0.2, 0.25) is 5.91 Å². The van der Waals surface area contributed by atoms with E-state index < -0.39 is 12.0 Å². The van der Waals surface area contributed by atoms with Gasteiger partial charge in [-0.1, -0.05) is 26.8 Å². The van der Waals surface area contributed by atoms with Crippen molar-refractivity contribution in [1.29, 1.82) is 0 Å². The summed E-state index contributed by atoms with van der Waals surface area (Å²) in [5.41, 5.74) is 0.382. The first-order valence-electron chi connectivity index (χ1n) is 4.98. The number of rotatable bonds is 5. The lowest BCUT2D eigenvalue weighted by molar-refractivity contribution is -0.146. The molecule has 4 nitrogen and oxygen atoms in total. The van der Waals surface area contributed by atoms with Crippen LogP contribution in [0.4, 0.5) is 0 Å². The van der Waals surface area contributed by atoms with E-state index in [9.17, 15) is 9.59 Å². The summed E-state index contributed by atoms with van der Waals surface area (Å²) in [6, 6.07) is -0.593. The Hall–Kier alpha value is -1.32. The van der Waals surface area contributed by atoms with Gasteiger partial charge in [-0.25, -0.2) is 4.79 Å². The Balaban J connectivity index is 4.58. The topological polar surface area (TPSA) is 55.4 Å². The lowest BCUT2D eigenvalue weighted by atomic mass is 9.99. The highest BCUT2D eigenvalue weighted by Crippen LogP contribution is 2.09. The van der Waals surface area contributed by atoms with Gasteiger partial charge in [-0.15, -0.1) is 0 Å². The van der Waals surface area contributed by atoms with Gasteiger partial charge >= 0.3 is 5.97 Å². The van der Waals surface area contributed by atoms with E-state index in [4.69, 9.17) is 0 Å². The van der Waals surface area contributed by atoms with Crippen LogP contribution in [-0.4, -0.2) is 25.0 Å². The van der Waals surface area contributed by atoms with Crippen molar-refractivity contribution < 1.29 is 14.3 Å². The average molecular weight is 213 g/mol. The number of esters is 1. The maximum Gasteiger partial charge on any atom is 0.328 e. The van der Waals surface area contributed by atoms with Crippen molar-refractivity contribution in [3.05, 3.63) is 12.2 Å². The second kappa shape index (κ2) is 6.22. The Kier molecular flexibility index (Phi) is 5.67. The molecule has 0 rings (SSSR count). The van der Waals surface area contributed by atoms with Crippen LogP contribution in [0.15, 0.2) is 12.2 Å². The van der Waals surface area contributed by atoms with E-state index in [0.29, 0.717) is 5.57 Å². The highest BCUT2D eigenvalue weighted by Gasteiger charge is 2.26. The minimum atomic E-state index is -0.593. The van der Waals surface area contributed by atoms with E-state index >= 15 is 0 Å². The quantitative estimate of drug-likeness (QED) is 0.552. The second-order valence-electron chi connectivity index (χ2n) is 3.64. The van der Waals surface area contributed by atoms with Crippen molar-refractivity contribution in [2.24, 2.45) is 5.92 Å². The first-order valence-corrected chi connectivity index (χ1v) is 4.98. The van der Waals surface area contributed by atoms with Crippen molar-refractivity contribution in [1.82, 2.24) is 5.32 Å². The molecule has 0 aliphatic carbocycles. The summed E-state index contributed by atoms with van der Waals surface area (Å²) in [5, 5.41) is 2.60. The third-order valence-corrected chi connectivity index (χ3v) is 2.34. The summed E-state index contributed by atoms with van der Waals surface area (Å²) < 4.78 is 4.63. The number of hydrogen-bond donors (Lipinski definition) is 1. The number of hydrogen-bond acceptors (Lipinski definition) is 3. The predicted octanol–water partition coefficient (Wildman–Crippen LogP) is 1.27. The zero-order valence-corrected chi connectivity index (χ0v) is 9.79. The third kappa shape index (κ3) is 4.14. The molecule has 86 valence electrons. The summed E-state index contributed by atoms with van der Waals surface area (Å²) in [6.07, 6.45) is 0.788. The molecule has 0 aromatic carbocycles. The van der Waals surface area contributed by atoms with Crippen LogP contribution in [0.2, 0.25) is 0 Å². The van der Waals surface area contributed by atoms with Crippen LogP contribution in [0, 0.1) is 5.92 Å². The lowest BCUT2D eigenvalue weighted by Gasteiger charge is -2.21. The fraction of sp³-hybridized carbons (Fsp3) is 0.636. The Morgan fingerprint density at radius 3 is 2.33 bits per heavy atom. The van der Waals surface area contributed by atoms with E-state index in [1.807, 2.05) is 13.8 Å². The number of amides is 1. The predicted molar refractivity (Wildman–Crippen MR) is 58.2 cm³/mol. The van der Waals surface area contributed by atoms with E-state index in [1.165, 1.54) is 7.11 Å². The highest BCUT2D eigenvalue weighted by molar-refractivity contribution is 5.95. The van der Waals surface area contributed by atoms with Gasteiger partial charge in [-0.3, -0.25) is 4.79 Å². The van der Waals surface area contributed by atoms with E-state index in [-0.39, 0.29) is 11.8 Å². The SMILES string of the molecule is C=C(C)C(=O)N[C@H](C(=O)OC)[C@@H](C)CC. The van der Waals surface area contributed by atoms with Gasteiger partial charge in [0.05, 0.1) is 7.11 Å². The molecule has 0 aliphatic rings. The molecule has 15 heavy (non-hydrogen) atoms. The normalized spacial score (nSPS) is 13.9. The number of nitrogens with one attached hydrogen (secondary N) is 1. The molecule has 1 amide bonds. The van der Waals surface area contributed by atoms with Crippen molar-refractivity contribution in [2.45, 2.75) is 33.2 Å². The van der Waals surface area contributed by atoms with Crippen LogP contribution in [0.3, 0.4) is 0 Å². The van der Waals surface area contributed by atoms with Gasteiger partial charge in [0.1, 0.15) is 6.04 Å². The van der Waals surface area contributed by atoms with E-state index in [1.54, 1.807) is 6.92 Å². The smallest absolute Gasteiger partial charge is 0.328 e. The van der Waals surface area contributed by atoms with Crippen LogP contribution >= 0.6 is 0 Å². The van der Waals surface area contributed by atoms with E-state index in [0.717, 1.165) is 6.42 Å². The summed E-state index contributed by atoms with van der Waals surface area (Å²) in [5.74, 6) is -0.689. The zero-order valence-electron chi connectivity index (χ0n) is 9.79. The highest BCUT2D eigenvalue weighted by atomic mass is 16.5. The maximum absolute atomic E-state index is 11.4. The van der Waals surface area contributed by atoms with Crippen LogP contribution in [0.25, 0.3) is 0 Å². The van der Waals surface area contributed by atoms with Crippen LogP contribution in [-0.2, 0) is 14.3 Å². The number of methoxy groups -OCH3 is 1. The molecule has 0 fully saturated rings. The standard InChI is InChI=1S/C11H19NO3/c1-6-8(4)9(11(14)15-5)12-10(13)7(2)3/h8-9H,2,6H2,1,3-5H3,(H,12,13)/t8-,9-/m0/s1. The molecule has 0 spiro atoms. The molecule has 0 heterocycles. The molecule has 0 radical (unpaired) electrons. The van der Waals surface area contributed by atoms with Gasteiger partial charge in [0.15, 0.2) is 0 Å². The van der Waals surface area contributed by atoms with Crippen molar-refractivity contribution >= 4 is 11.9 Å². The average Bonchev–Trinajstić information content (AvgIpc) is 2.23.